The number of Topliss-reactive ketones (excluding diaryl/α,β-unsaturated/α-hetero) is 2. The van der Waals surface area contributed by atoms with Crippen molar-refractivity contribution in [2.45, 2.75) is 26.2 Å². The molecule has 0 saturated heterocycles. The highest BCUT2D eigenvalue weighted by Crippen LogP contribution is 2.30. The fraction of sp³-hybridized carbons (Fsp3) is 0.222. The molecule has 114 valence electrons. The Balaban J connectivity index is 2.36. The van der Waals surface area contributed by atoms with Gasteiger partial charge in [0.25, 0.3) is 0 Å². The molecule has 0 saturated carbocycles. The highest BCUT2D eigenvalue weighted by molar-refractivity contribution is 6.52. The lowest BCUT2D eigenvalue weighted by molar-refractivity contribution is 0.0817. The maximum absolute atomic E-state index is 12.4. The van der Waals surface area contributed by atoms with Crippen molar-refractivity contribution in [3.8, 4) is 0 Å². The third-order valence-electron chi connectivity index (χ3n) is 3.45. The Bertz CT molecular complexity index is 694. The van der Waals surface area contributed by atoms with E-state index in [4.69, 9.17) is 23.2 Å². The standard InChI is InChI=1S/C18H16Cl2O2/c1-2-3-9-13-15(19)11-10-14(16(13)20)18(22)17(21)12-7-5-4-6-8-12/h4-8,10-11H,2-3,9H2,1H3. The van der Waals surface area contributed by atoms with Crippen molar-refractivity contribution in [3.05, 3.63) is 69.2 Å². The fourth-order valence-corrected chi connectivity index (χ4v) is 2.84. The lowest BCUT2D eigenvalue weighted by Crippen LogP contribution is -2.15. The zero-order valence-electron chi connectivity index (χ0n) is 12.2. The molecule has 0 radical (unpaired) electrons. The van der Waals surface area contributed by atoms with Gasteiger partial charge in [-0.25, -0.2) is 0 Å². The normalized spacial score (nSPS) is 10.5. The Labute approximate surface area is 140 Å². The van der Waals surface area contributed by atoms with Crippen LogP contribution in [-0.2, 0) is 6.42 Å². The van der Waals surface area contributed by atoms with Crippen LogP contribution in [0.3, 0.4) is 0 Å². The number of benzene rings is 2. The molecule has 2 nitrogen and oxygen atoms in total. The zero-order valence-corrected chi connectivity index (χ0v) is 13.7. The zero-order chi connectivity index (χ0) is 16.1. The van der Waals surface area contributed by atoms with Crippen molar-refractivity contribution in [2.24, 2.45) is 0 Å². The van der Waals surface area contributed by atoms with Gasteiger partial charge in [-0.2, -0.15) is 0 Å². The molecule has 0 spiro atoms. The molecule has 2 aromatic carbocycles. The van der Waals surface area contributed by atoms with Crippen molar-refractivity contribution >= 4 is 34.8 Å². The Morgan fingerprint density at radius 2 is 1.64 bits per heavy atom. The average Bonchev–Trinajstić information content (AvgIpc) is 2.54. The summed E-state index contributed by atoms with van der Waals surface area (Å²) < 4.78 is 0. The molecule has 2 aromatic rings. The first-order valence-corrected chi connectivity index (χ1v) is 7.92. The van der Waals surface area contributed by atoms with Gasteiger partial charge in [0.2, 0.25) is 11.6 Å². The molecule has 0 atom stereocenters. The predicted molar refractivity (Wildman–Crippen MR) is 90.2 cm³/mol. The average molecular weight is 335 g/mol. The summed E-state index contributed by atoms with van der Waals surface area (Å²) in [6.45, 7) is 2.07. The molecule has 0 aromatic heterocycles. The van der Waals surface area contributed by atoms with Crippen LogP contribution in [0.25, 0.3) is 0 Å². The highest BCUT2D eigenvalue weighted by Gasteiger charge is 2.22. The van der Waals surface area contributed by atoms with E-state index in [9.17, 15) is 9.59 Å². The number of halogens is 2. The molecular weight excluding hydrogens is 319 g/mol. The van der Waals surface area contributed by atoms with Gasteiger partial charge in [0.05, 0.1) is 5.02 Å². The second-order valence-corrected chi connectivity index (χ2v) is 5.80. The first kappa shape index (κ1) is 16.7. The molecule has 0 unspecified atom stereocenters. The molecule has 0 heterocycles. The topological polar surface area (TPSA) is 34.1 Å². The SMILES string of the molecule is CCCCc1c(Cl)ccc(C(=O)C(=O)c2ccccc2)c1Cl. The minimum absolute atomic E-state index is 0.214. The van der Waals surface area contributed by atoms with Gasteiger partial charge >= 0.3 is 0 Å². The van der Waals surface area contributed by atoms with E-state index in [1.807, 2.05) is 0 Å². The van der Waals surface area contributed by atoms with Crippen LogP contribution in [0.5, 0.6) is 0 Å². The van der Waals surface area contributed by atoms with Gasteiger partial charge in [-0.1, -0.05) is 66.9 Å². The van der Waals surface area contributed by atoms with Crippen molar-refractivity contribution < 1.29 is 9.59 Å². The first-order chi connectivity index (χ1) is 10.6. The summed E-state index contributed by atoms with van der Waals surface area (Å²) in [4.78, 5) is 24.7. The van der Waals surface area contributed by atoms with Gasteiger partial charge in [-0.05, 0) is 30.5 Å². The Morgan fingerprint density at radius 3 is 2.27 bits per heavy atom. The van der Waals surface area contributed by atoms with Gasteiger partial charge in [0.15, 0.2) is 0 Å². The molecule has 0 fully saturated rings. The lowest BCUT2D eigenvalue weighted by Gasteiger charge is -2.10. The molecule has 0 N–H and O–H groups in total. The minimum Gasteiger partial charge on any atom is -0.285 e. The fourth-order valence-electron chi connectivity index (χ4n) is 2.20. The van der Waals surface area contributed by atoms with E-state index in [0.29, 0.717) is 17.0 Å². The van der Waals surface area contributed by atoms with Gasteiger partial charge < -0.3 is 0 Å². The second kappa shape index (κ2) is 7.57. The number of unbranched alkanes of at least 4 members (excludes halogenated alkanes) is 1. The Morgan fingerprint density at radius 1 is 0.955 bits per heavy atom. The van der Waals surface area contributed by atoms with Crippen LogP contribution in [0.2, 0.25) is 10.0 Å². The van der Waals surface area contributed by atoms with Crippen LogP contribution in [-0.4, -0.2) is 11.6 Å². The summed E-state index contributed by atoms with van der Waals surface area (Å²) in [7, 11) is 0. The predicted octanol–water partition coefficient (Wildman–Crippen LogP) is 5.40. The smallest absolute Gasteiger partial charge is 0.235 e. The summed E-state index contributed by atoms with van der Waals surface area (Å²) in [5.74, 6) is -1.17. The van der Waals surface area contributed by atoms with Crippen LogP contribution in [0.1, 0.15) is 46.0 Å². The molecule has 0 aliphatic heterocycles. The summed E-state index contributed by atoms with van der Waals surface area (Å²) in [6.07, 6.45) is 2.60. The maximum atomic E-state index is 12.4. The first-order valence-electron chi connectivity index (χ1n) is 7.17. The van der Waals surface area contributed by atoms with Gasteiger partial charge in [-0.3, -0.25) is 9.59 Å². The quantitative estimate of drug-likeness (QED) is 0.523. The molecular formula is C18H16Cl2O2. The van der Waals surface area contributed by atoms with Crippen molar-refractivity contribution in [2.75, 3.05) is 0 Å². The Hall–Kier alpha value is -1.64. The second-order valence-electron chi connectivity index (χ2n) is 5.02. The summed E-state index contributed by atoms with van der Waals surface area (Å²) >= 11 is 12.5. The van der Waals surface area contributed by atoms with E-state index >= 15 is 0 Å². The number of hydrogen-bond acceptors (Lipinski definition) is 2. The van der Waals surface area contributed by atoms with E-state index in [0.717, 1.165) is 18.4 Å². The van der Waals surface area contributed by atoms with Crippen molar-refractivity contribution in [1.82, 2.24) is 0 Å². The monoisotopic (exact) mass is 334 g/mol. The van der Waals surface area contributed by atoms with Crippen LogP contribution in [0.15, 0.2) is 42.5 Å². The van der Waals surface area contributed by atoms with Crippen molar-refractivity contribution in [3.63, 3.8) is 0 Å². The summed E-state index contributed by atoms with van der Waals surface area (Å²) in [6, 6.07) is 11.6. The van der Waals surface area contributed by atoms with E-state index in [2.05, 4.69) is 6.92 Å². The lowest BCUT2D eigenvalue weighted by atomic mass is 9.98. The third kappa shape index (κ3) is 3.57. The molecule has 22 heavy (non-hydrogen) atoms. The van der Waals surface area contributed by atoms with Crippen LogP contribution >= 0.6 is 23.2 Å². The van der Waals surface area contributed by atoms with E-state index in [1.165, 1.54) is 6.07 Å². The van der Waals surface area contributed by atoms with Crippen LogP contribution in [0, 0.1) is 0 Å². The molecule has 4 heteroatoms. The molecule has 0 amide bonds. The molecule has 2 rings (SSSR count). The van der Waals surface area contributed by atoms with Crippen LogP contribution in [0.4, 0.5) is 0 Å². The number of carbonyl (C=O) groups is 2. The van der Waals surface area contributed by atoms with Gasteiger partial charge in [0.1, 0.15) is 0 Å². The van der Waals surface area contributed by atoms with Crippen molar-refractivity contribution in [1.29, 1.82) is 0 Å². The Kier molecular flexibility index (Phi) is 5.76. The van der Waals surface area contributed by atoms with Crippen LogP contribution < -0.4 is 0 Å². The summed E-state index contributed by atoms with van der Waals surface area (Å²) in [5, 5.41) is 0.817. The molecule has 0 aliphatic rings. The van der Waals surface area contributed by atoms with E-state index < -0.39 is 11.6 Å². The maximum Gasteiger partial charge on any atom is 0.235 e. The van der Waals surface area contributed by atoms with E-state index in [-0.39, 0.29) is 10.6 Å². The number of rotatable bonds is 6. The number of hydrogen-bond donors (Lipinski definition) is 0. The highest BCUT2D eigenvalue weighted by atomic mass is 35.5. The third-order valence-corrected chi connectivity index (χ3v) is 4.24. The largest absolute Gasteiger partial charge is 0.285 e. The molecule has 0 bridgehead atoms. The van der Waals surface area contributed by atoms with Gasteiger partial charge in [0, 0.05) is 16.1 Å². The van der Waals surface area contributed by atoms with Gasteiger partial charge in [-0.15, -0.1) is 0 Å². The minimum atomic E-state index is -0.606. The number of carbonyl (C=O) groups excluding carboxylic acids is 2. The summed E-state index contributed by atoms with van der Waals surface area (Å²) in [5.41, 5.74) is 1.30. The van der Waals surface area contributed by atoms with E-state index in [1.54, 1.807) is 36.4 Å². The molecule has 0 aliphatic carbocycles. The number of ketones is 2.